The van der Waals surface area contributed by atoms with E-state index in [4.69, 9.17) is 9.47 Å². The maximum Gasteiger partial charge on any atom is 0.410 e. The van der Waals surface area contributed by atoms with Crippen LogP contribution >= 0.6 is 0 Å². The minimum atomic E-state index is -1.15. The number of nitriles is 1. The first-order valence-corrected chi connectivity index (χ1v) is 6.91. The van der Waals surface area contributed by atoms with Crippen LogP contribution in [0.5, 0.6) is 0 Å². The molecule has 2 heterocycles. The smallest absolute Gasteiger partial charge is 0.410 e. The fourth-order valence-corrected chi connectivity index (χ4v) is 2.74. The summed E-state index contributed by atoms with van der Waals surface area (Å²) in [4.78, 5) is 13.3. The third kappa shape index (κ3) is 2.60. The summed E-state index contributed by atoms with van der Waals surface area (Å²) in [6, 6.07) is 2.26. The zero-order valence-corrected chi connectivity index (χ0v) is 12.3. The molecule has 2 aliphatic heterocycles. The van der Waals surface area contributed by atoms with Gasteiger partial charge in [-0.25, -0.2) is 4.79 Å². The number of likely N-dealkylation sites (tertiary alicyclic amines) is 1. The number of carbonyl (C=O) groups is 1. The Morgan fingerprint density at radius 1 is 1.35 bits per heavy atom. The Bertz CT molecular complexity index is 423. The van der Waals surface area contributed by atoms with Crippen LogP contribution in [-0.4, -0.2) is 53.6 Å². The molecule has 0 radical (unpaired) electrons. The molecule has 0 aliphatic carbocycles. The zero-order chi connectivity index (χ0) is 15.0. The fourth-order valence-electron chi connectivity index (χ4n) is 2.74. The molecule has 0 bridgehead atoms. The summed E-state index contributed by atoms with van der Waals surface area (Å²) in [5.41, 5.74) is -2.53. The second kappa shape index (κ2) is 4.90. The fraction of sp³-hybridized carbons (Fsp3) is 0.857. The summed E-state index contributed by atoms with van der Waals surface area (Å²) in [5.74, 6) is 0. The molecule has 1 N–H and O–H groups in total. The molecule has 20 heavy (non-hydrogen) atoms. The van der Waals surface area contributed by atoms with Crippen molar-refractivity contribution in [2.45, 2.75) is 44.8 Å². The number of ether oxygens (including phenoxy) is 2. The van der Waals surface area contributed by atoms with Crippen molar-refractivity contribution in [1.29, 1.82) is 5.26 Å². The molecule has 2 rings (SSSR count). The van der Waals surface area contributed by atoms with Crippen LogP contribution in [0.2, 0.25) is 0 Å². The van der Waals surface area contributed by atoms with E-state index in [1.807, 2.05) is 0 Å². The van der Waals surface area contributed by atoms with Crippen LogP contribution in [0.15, 0.2) is 0 Å². The van der Waals surface area contributed by atoms with Gasteiger partial charge in [0.15, 0.2) is 0 Å². The first kappa shape index (κ1) is 15.1. The summed E-state index contributed by atoms with van der Waals surface area (Å²) in [6.07, 6.45) is 0.562. The van der Waals surface area contributed by atoms with Gasteiger partial charge in [0, 0.05) is 13.2 Å². The van der Waals surface area contributed by atoms with Crippen molar-refractivity contribution in [3.63, 3.8) is 0 Å². The van der Waals surface area contributed by atoms with E-state index >= 15 is 0 Å². The van der Waals surface area contributed by atoms with Crippen LogP contribution in [0, 0.1) is 16.7 Å². The third-order valence-corrected chi connectivity index (χ3v) is 4.01. The molecule has 0 saturated carbocycles. The van der Waals surface area contributed by atoms with Crippen molar-refractivity contribution in [3.8, 4) is 6.07 Å². The highest BCUT2D eigenvalue weighted by Crippen LogP contribution is 2.45. The summed E-state index contributed by atoms with van der Waals surface area (Å²) >= 11 is 0. The lowest BCUT2D eigenvalue weighted by Gasteiger charge is -2.54. The molecule has 2 aliphatic rings. The first-order chi connectivity index (χ1) is 9.21. The monoisotopic (exact) mass is 282 g/mol. The van der Waals surface area contributed by atoms with E-state index in [-0.39, 0.29) is 13.1 Å². The van der Waals surface area contributed by atoms with E-state index in [0.29, 0.717) is 26.1 Å². The van der Waals surface area contributed by atoms with E-state index in [0.717, 1.165) is 0 Å². The van der Waals surface area contributed by atoms with Crippen LogP contribution < -0.4 is 0 Å². The topological polar surface area (TPSA) is 82.8 Å². The SMILES string of the molecule is CC(C)(C)OC(=O)N1CC(O)(C2(C#N)CCOCC2)C1. The summed E-state index contributed by atoms with van der Waals surface area (Å²) in [7, 11) is 0. The Kier molecular flexibility index (Phi) is 3.69. The number of carbonyl (C=O) groups excluding carboxylic acids is 1. The van der Waals surface area contributed by atoms with Gasteiger partial charge in [-0.1, -0.05) is 0 Å². The first-order valence-electron chi connectivity index (χ1n) is 6.91. The summed E-state index contributed by atoms with van der Waals surface area (Å²) in [6.45, 7) is 6.64. The van der Waals surface area contributed by atoms with Crippen LogP contribution in [0.1, 0.15) is 33.6 Å². The van der Waals surface area contributed by atoms with Crippen molar-refractivity contribution in [2.75, 3.05) is 26.3 Å². The van der Waals surface area contributed by atoms with Gasteiger partial charge >= 0.3 is 6.09 Å². The molecule has 0 aromatic heterocycles. The lowest BCUT2D eigenvalue weighted by atomic mass is 9.64. The van der Waals surface area contributed by atoms with E-state index in [1.165, 1.54) is 4.90 Å². The van der Waals surface area contributed by atoms with Gasteiger partial charge in [-0.15, -0.1) is 0 Å². The van der Waals surface area contributed by atoms with E-state index < -0.39 is 22.7 Å². The second-order valence-electron chi connectivity index (χ2n) is 6.67. The van der Waals surface area contributed by atoms with E-state index in [1.54, 1.807) is 20.8 Å². The molecule has 1 amide bonds. The van der Waals surface area contributed by atoms with E-state index in [2.05, 4.69) is 6.07 Å². The zero-order valence-electron chi connectivity index (χ0n) is 12.3. The number of amides is 1. The molecule has 0 atom stereocenters. The van der Waals surface area contributed by atoms with Gasteiger partial charge in [0.25, 0.3) is 0 Å². The van der Waals surface area contributed by atoms with Crippen molar-refractivity contribution < 1.29 is 19.4 Å². The number of hydrogen-bond acceptors (Lipinski definition) is 5. The molecule has 0 aromatic carbocycles. The van der Waals surface area contributed by atoms with Crippen LogP contribution in [0.3, 0.4) is 0 Å². The van der Waals surface area contributed by atoms with Crippen LogP contribution in [-0.2, 0) is 9.47 Å². The Hall–Kier alpha value is -1.32. The number of aliphatic hydroxyl groups is 1. The van der Waals surface area contributed by atoms with Crippen molar-refractivity contribution in [1.82, 2.24) is 4.90 Å². The predicted octanol–water partition coefficient (Wildman–Crippen LogP) is 1.29. The molecule has 0 spiro atoms. The molecule has 6 nitrogen and oxygen atoms in total. The van der Waals surface area contributed by atoms with E-state index in [9.17, 15) is 15.2 Å². The Morgan fingerprint density at radius 2 is 1.90 bits per heavy atom. The molecule has 112 valence electrons. The maximum atomic E-state index is 11.9. The highest BCUT2D eigenvalue weighted by Gasteiger charge is 2.59. The quantitative estimate of drug-likeness (QED) is 0.783. The van der Waals surface area contributed by atoms with Gasteiger partial charge in [-0.3, -0.25) is 0 Å². The predicted molar refractivity (Wildman–Crippen MR) is 70.9 cm³/mol. The molecule has 2 saturated heterocycles. The standard InChI is InChI=1S/C14H22N2O4/c1-12(2,3)20-11(17)16-9-14(18,10-16)13(8-15)4-6-19-7-5-13/h18H,4-7,9-10H2,1-3H3. The Labute approximate surface area is 119 Å². The Balaban J connectivity index is 2.00. The normalized spacial score (nSPS) is 24.4. The largest absolute Gasteiger partial charge is 0.444 e. The molecule has 2 fully saturated rings. The minimum absolute atomic E-state index is 0.148. The Morgan fingerprint density at radius 3 is 2.35 bits per heavy atom. The summed E-state index contributed by atoms with van der Waals surface area (Å²) < 4.78 is 10.5. The van der Waals surface area contributed by atoms with Gasteiger partial charge in [-0.2, -0.15) is 5.26 Å². The van der Waals surface area contributed by atoms with Gasteiger partial charge in [-0.05, 0) is 33.6 Å². The molecule has 0 aromatic rings. The lowest BCUT2D eigenvalue weighted by Crippen LogP contribution is -2.71. The van der Waals surface area contributed by atoms with Crippen molar-refractivity contribution in [3.05, 3.63) is 0 Å². The number of rotatable bonds is 1. The molecule has 0 unspecified atom stereocenters. The van der Waals surface area contributed by atoms with Crippen LogP contribution in [0.25, 0.3) is 0 Å². The minimum Gasteiger partial charge on any atom is -0.444 e. The van der Waals surface area contributed by atoms with Gasteiger partial charge in [0.2, 0.25) is 0 Å². The third-order valence-electron chi connectivity index (χ3n) is 4.01. The van der Waals surface area contributed by atoms with Gasteiger partial charge < -0.3 is 19.5 Å². The highest BCUT2D eigenvalue weighted by molar-refractivity contribution is 5.70. The molecular formula is C14H22N2O4. The average Bonchev–Trinajstić information content (AvgIpc) is 2.33. The average molecular weight is 282 g/mol. The van der Waals surface area contributed by atoms with Gasteiger partial charge in [0.1, 0.15) is 11.2 Å². The molecule has 6 heteroatoms. The second-order valence-corrected chi connectivity index (χ2v) is 6.67. The summed E-state index contributed by atoms with van der Waals surface area (Å²) in [5, 5.41) is 20.1. The highest BCUT2D eigenvalue weighted by atomic mass is 16.6. The molecular weight excluding hydrogens is 260 g/mol. The lowest BCUT2D eigenvalue weighted by molar-refractivity contribution is -0.177. The van der Waals surface area contributed by atoms with Crippen molar-refractivity contribution >= 4 is 6.09 Å². The van der Waals surface area contributed by atoms with Crippen LogP contribution in [0.4, 0.5) is 4.79 Å². The van der Waals surface area contributed by atoms with Crippen molar-refractivity contribution in [2.24, 2.45) is 5.41 Å². The number of nitrogens with zero attached hydrogens (tertiary/aromatic N) is 2. The number of β-amino-alcohol motifs (C(OH)–C–C–N with tert-alkyl or cyclic N) is 1. The maximum absolute atomic E-state index is 11.9. The van der Waals surface area contributed by atoms with Gasteiger partial charge in [0.05, 0.1) is 24.6 Å². The number of hydrogen-bond donors (Lipinski definition) is 1.